The molecule has 0 spiro atoms. The summed E-state index contributed by atoms with van der Waals surface area (Å²) >= 11 is 0. The predicted molar refractivity (Wildman–Crippen MR) is 92.3 cm³/mol. The highest BCUT2D eigenvalue weighted by molar-refractivity contribution is 5.98. The summed E-state index contributed by atoms with van der Waals surface area (Å²) in [6.07, 6.45) is 4.31. The molecular formula is C18H20N4O4. The average molecular weight is 356 g/mol. The number of urea groups is 1. The minimum atomic E-state index is -1.07. The van der Waals surface area contributed by atoms with Crippen molar-refractivity contribution >= 4 is 17.9 Å². The Morgan fingerprint density at radius 1 is 1.27 bits per heavy atom. The topological polar surface area (TPSA) is 102 Å². The second-order valence-electron chi connectivity index (χ2n) is 6.19. The van der Waals surface area contributed by atoms with E-state index in [1.807, 2.05) is 12.3 Å². The standard InChI is InChI=1S/C18H20N4O4/c1-12(16(23)21-18(25)20-15-7-8-15)26-17(24)14-5-3-13(4-6-14)11-22-10-2-9-19-22/h2-6,9-10,12,15H,7-8,11H2,1H3,(H2,20,21,23,25). The van der Waals surface area contributed by atoms with Gasteiger partial charge in [-0.1, -0.05) is 12.1 Å². The van der Waals surface area contributed by atoms with Gasteiger partial charge in [0.15, 0.2) is 6.10 Å². The molecule has 1 unspecified atom stereocenters. The molecule has 1 aliphatic carbocycles. The molecule has 1 aromatic carbocycles. The van der Waals surface area contributed by atoms with Gasteiger partial charge in [0.25, 0.3) is 5.91 Å². The highest BCUT2D eigenvalue weighted by Crippen LogP contribution is 2.18. The van der Waals surface area contributed by atoms with Gasteiger partial charge in [-0.05, 0) is 43.5 Å². The first-order chi connectivity index (χ1) is 12.5. The Labute approximate surface area is 150 Å². The molecule has 3 amide bonds. The number of aromatic nitrogens is 2. The van der Waals surface area contributed by atoms with E-state index < -0.39 is 24.0 Å². The molecule has 2 N–H and O–H groups in total. The molecule has 8 nitrogen and oxygen atoms in total. The van der Waals surface area contributed by atoms with Gasteiger partial charge in [-0.2, -0.15) is 5.10 Å². The molecule has 1 aliphatic rings. The summed E-state index contributed by atoms with van der Waals surface area (Å²) in [5.41, 5.74) is 1.31. The van der Waals surface area contributed by atoms with E-state index in [2.05, 4.69) is 15.7 Å². The second kappa shape index (κ2) is 7.81. The van der Waals surface area contributed by atoms with Crippen LogP contribution in [0.5, 0.6) is 0 Å². The van der Waals surface area contributed by atoms with Crippen molar-refractivity contribution in [2.75, 3.05) is 0 Å². The molecule has 0 radical (unpaired) electrons. The highest BCUT2D eigenvalue weighted by Gasteiger charge is 2.26. The van der Waals surface area contributed by atoms with E-state index in [4.69, 9.17) is 4.74 Å². The predicted octanol–water partition coefficient (Wildman–Crippen LogP) is 1.46. The fraction of sp³-hybridized carbons (Fsp3) is 0.333. The van der Waals surface area contributed by atoms with Gasteiger partial charge in [0.1, 0.15) is 0 Å². The third-order valence-electron chi connectivity index (χ3n) is 3.90. The Kier molecular flexibility index (Phi) is 5.31. The summed E-state index contributed by atoms with van der Waals surface area (Å²) < 4.78 is 6.89. The molecule has 1 atom stereocenters. The van der Waals surface area contributed by atoms with Gasteiger partial charge in [-0.25, -0.2) is 9.59 Å². The summed E-state index contributed by atoms with van der Waals surface area (Å²) in [5.74, 6) is -1.28. The maximum atomic E-state index is 12.1. The summed E-state index contributed by atoms with van der Waals surface area (Å²) in [6, 6.07) is 8.27. The van der Waals surface area contributed by atoms with Crippen LogP contribution in [0, 0.1) is 0 Å². The zero-order valence-electron chi connectivity index (χ0n) is 14.3. The summed E-state index contributed by atoms with van der Waals surface area (Å²) in [6.45, 7) is 2.01. The van der Waals surface area contributed by atoms with E-state index in [1.165, 1.54) is 6.92 Å². The minimum Gasteiger partial charge on any atom is -0.449 e. The van der Waals surface area contributed by atoms with Crippen LogP contribution in [0.1, 0.15) is 35.7 Å². The molecule has 3 rings (SSSR count). The SMILES string of the molecule is CC(OC(=O)c1ccc(Cn2cccn2)cc1)C(=O)NC(=O)NC1CC1. The van der Waals surface area contributed by atoms with Crippen molar-refractivity contribution in [1.29, 1.82) is 0 Å². The number of ether oxygens (including phenoxy) is 1. The maximum Gasteiger partial charge on any atom is 0.338 e. The largest absolute Gasteiger partial charge is 0.449 e. The average Bonchev–Trinajstić information content (AvgIpc) is 3.27. The normalized spacial score (nSPS) is 14.3. The number of hydrogen-bond donors (Lipinski definition) is 2. The Morgan fingerprint density at radius 2 is 2.00 bits per heavy atom. The van der Waals surface area contributed by atoms with Crippen molar-refractivity contribution in [3.8, 4) is 0 Å². The fourth-order valence-electron chi connectivity index (χ4n) is 2.27. The molecule has 26 heavy (non-hydrogen) atoms. The summed E-state index contributed by atoms with van der Waals surface area (Å²) in [7, 11) is 0. The third-order valence-corrected chi connectivity index (χ3v) is 3.90. The Balaban J connectivity index is 1.49. The van der Waals surface area contributed by atoms with E-state index in [1.54, 1.807) is 35.1 Å². The monoisotopic (exact) mass is 356 g/mol. The Morgan fingerprint density at radius 3 is 2.62 bits per heavy atom. The number of imide groups is 1. The van der Waals surface area contributed by atoms with Crippen molar-refractivity contribution in [2.24, 2.45) is 0 Å². The van der Waals surface area contributed by atoms with Crippen molar-refractivity contribution in [1.82, 2.24) is 20.4 Å². The number of nitrogens with one attached hydrogen (secondary N) is 2. The molecule has 0 saturated heterocycles. The van der Waals surface area contributed by atoms with Crippen LogP contribution in [0.2, 0.25) is 0 Å². The highest BCUT2D eigenvalue weighted by atomic mass is 16.5. The first-order valence-corrected chi connectivity index (χ1v) is 8.40. The molecule has 1 heterocycles. The van der Waals surface area contributed by atoms with Gasteiger partial charge in [-0.15, -0.1) is 0 Å². The van der Waals surface area contributed by atoms with Crippen LogP contribution in [0.25, 0.3) is 0 Å². The lowest BCUT2D eigenvalue weighted by atomic mass is 10.1. The smallest absolute Gasteiger partial charge is 0.338 e. The lowest BCUT2D eigenvalue weighted by molar-refractivity contribution is -0.127. The zero-order chi connectivity index (χ0) is 18.5. The third kappa shape index (κ3) is 4.92. The van der Waals surface area contributed by atoms with Crippen LogP contribution in [0.3, 0.4) is 0 Å². The van der Waals surface area contributed by atoms with Crippen molar-refractivity contribution in [3.05, 3.63) is 53.9 Å². The minimum absolute atomic E-state index is 0.140. The van der Waals surface area contributed by atoms with Gasteiger partial charge in [0, 0.05) is 18.4 Å². The van der Waals surface area contributed by atoms with Crippen molar-refractivity contribution in [3.63, 3.8) is 0 Å². The van der Waals surface area contributed by atoms with Crippen LogP contribution in [-0.4, -0.2) is 39.8 Å². The summed E-state index contributed by atoms with van der Waals surface area (Å²) in [5, 5.41) is 8.92. The van der Waals surface area contributed by atoms with Crippen molar-refractivity contribution in [2.45, 2.75) is 38.5 Å². The quantitative estimate of drug-likeness (QED) is 0.763. The number of hydrogen-bond acceptors (Lipinski definition) is 5. The first kappa shape index (κ1) is 17.7. The van der Waals surface area contributed by atoms with Crippen LogP contribution >= 0.6 is 0 Å². The van der Waals surface area contributed by atoms with Gasteiger partial charge >= 0.3 is 12.0 Å². The molecule has 0 bridgehead atoms. The lowest BCUT2D eigenvalue weighted by Crippen LogP contribution is -2.45. The molecule has 8 heteroatoms. The number of amides is 3. The zero-order valence-corrected chi connectivity index (χ0v) is 14.3. The van der Waals surface area contributed by atoms with Crippen LogP contribution in [0.15, 0.2) is 42.7 Å². The van der Waals surface area contributed by atoms with Gasteiger partial charge in [-0.3, -0.25) is 14.8 Å². The number of nitrogens with zero attached hydrogens (tertiary/aromatic N) is 2. The number of benzene rings is 1. The van der Waals surface area contributed by atoms with Gasteiger partial charge in [0.05, 0.1) is 12.1 Å². The molecule has 136 valence electrons. The van der Waals surface area contributed by atoms with E-state index >= 15 is 0 Å². The number of carbonyl (C=O) groups excluding carboxylic acids is 3. The Bertz CT molecular complexity index is 782. The fourth-order valence-corrected chi connectivity index (χ4v) is 2.27. The number of esters is 1. The van der Waals surface area contributed by atoms with Crippen molar-refractivity contribution < 1.29 is 19.1 Å². The molecule has 1 aromatic heterocycles. The van der Waals surface area contributed by atoms with Gasteiger partial charge in [0.2, 0.25) is 0 Å². The maximum absolute atomic E-state index is 12.1. The lowest BCUT2D eigenvalue weighted by Gasteiger charge is -2.13. The second-order valence-corrected chi connectivity index (χ2v) is 6.19. The summed E-state index contributed by atoms with van der Waals surface area (Å²) in [4.78, 5) is 35.6. The molecule has 0 aliphatic heterocycles. The van der Waals surface area contributed by atoms with Gasteiger partial charge < -0.3 is 10.1 Å². The Hall–Kier alpha value is -3.16. The van der Waals surface area contributed by atoms with E-state index in [0.29, 0.717) is 12.1 Å². The van der Waals surface area contributed by atoms with Crippen LogP contribution < -0.4 is 10.6 Å². The van der Waals surface area contributed by atoms with Crippen LogP contribution in [-0.2, 0) is 16.1 Å². The molecule has 1 saturated carbocycles. The molecule has 1 fully saturated rings. The van der Waals surface area contributed by atoms with E-state index in [9.17, 15) is 14.4 Å². The van der Waals surface area contributed by atoms with Crippen LogP contribution in [0.4, 0.5) is 4.79 Å². The molecule has 2 aromatic rings. The number of carbonyl (C=O) groups is 3. The molecular weight excluding hydrogens is 336 g/mol. The van der Waals surface area contributed by atoms with E-state index in [-0.39, 0.29) is 6.04 Å². The van der Waals surface area contributed by atoms with E-state index in [0.717, 1.165) is 18.4 Å². The first-order valence-electron chi connectivity index (χ1n) is 8.40. The number of rotatable bonds is 6.